The van der Waals surface area contributed by atoms with Crippen LogP contribution in [-0.2, 0) is 16.6 Å². The van der Waals surface area contributed by atoms with Crippen LogP contribution in [0.4, 0.5) is 4.79 Å². The molecule has 1 aromatic carbocycles. The van der Waals surface area contributed by atoms with E-state index in [1.54, 1.807) is 11.9 Å². The van der Waals surface area contributed by atoms with Crippen molar-refractivity contribution in [3.63, 3.8) is 0 Å². The number of amides is 4. The Hall–Kier alpha value is -2.83. The van der Waals surface area contributed by atoms with Crippen molar-refractivity contribution < 1.29 is 14.4 Å². The zero-order valence-corrected chi connectivity index (χ0v) is 15.0. The third-order valence-corrected chi connectivity index (χ3v) is 5.43. The van der Waals surface area contributed by atoms with Gasteiger partial charge in [0.25, 0.3) is 5.91 Å². The number of fused-ring (bicyclic) bond motifs is 1. The Bertz CT molecular complexity index is 903. The Morgan fingerprint density at radius 2 is 1.96 bits per heavy atom. The predicted molar refractivity (Wildman–Crippen MR) is 96.6 cm³/mol. The first-order valence-electron chi connectivity index (χ1n) is 8.83. The Morgan fingerprint density at radius 3 is 2.69 bits per heavy atom. The normalized spacial score (nSPS) is 20.7. The number of rotatable bonds is 3. The zero-order chi connectivity index (χ0) is 18.4. The van der Waals surface area contributed by atoms with Crippen molar-refractivity contribution in [1.82, 2.24) is 19.3 Å². The Morgan fingerprint density at radius 1 is 1.19 bits per heavy atom. The number of likely N-dealkylation sites (tertiary alicyclic amines) is 1. The van der Waals surface area contributed by atoms with Gasteiger partial charge >= 0.3 is 6.03 Å². The maximum atomic E-state index is 12.6. The van der Waals surface area contributed by atoms with E-state index >= 15 is 0 Å². The van der Waals surface area contributed by atoms with Gasteiger partial charge in [-0.1, -0.05) is 18.2 Å². The van der Waals surface area contributed by atoms with Gasteiger partial charge in [0.2, 0.25) is 5.91 Å². The van der Waals surface area contributed by atoms with Gasteiger partial charge in [0, 0.05) is 50.2 Å². The summed E-state index contributed by atoms with van der Waals surface area (Å²) in [7, 11) is 3.60. The summed E-state index contributed by atoms with van der Waals surface area (Å²) >= 11 is 0. The molecule has 4 amide bonds. The Balaban J connectivity index is 1.47. The number of hydrogen-bond acceptors (Lipinski definition) is 3. The summed E-state index contributed by atoms with van der Waals surface area (Å²) in [5.74, 6) is -0.196. The lowest BCUT2D eigenvalue weighted by Crippen LogP contribution is -2.42. The second kappa shape index (κ2) is 6.16. The van der Waals surface area contributed by atoms with E-state index < -0.39 is 6.03 Å². The minimum Gasteiger partial charge on any atom is -0.350 e. The van der Waals surface area contributed by atoms with Gasteiger partial charge in [0.05, 0.1) is 0 Å². The molecule has 1 aromatic heterocycles. The van der Waals surface area contributed by atoms with Gasteiger partial charge < -0.3 is 14.4 Å². The largest absolute Gasteiger partial charge is 0.350 e. The third-order valence-electron chi connectivity index (χ3n) is 5.43. The number of urea groups is 1. The number of likely N-dealkylation sites (N-methyl/N-ethyl adjacent to an activating group) is 1. The fraction of sp³-hybridized carbons (Fsp3) is 0.421. The molecule has 136 valence electrons. The third kappa shape index (κ3) is 2.64. The quantitative estimate of drug-likeness (QED) is 0.783. The van der Waals surface area contributed by atoms with Crippen LogP contribution in [0, 0.1) is 0 Å². The molecule has 2 aliphatic heterocycles. The average Bonchev–Trinajstić information content (AvgIpc) is 3.29. The highest BCUT2D eigenvalue weighted by atomic mass is 16.2. The van der Waals surface area contributed by atoms with E-state index in [1.807, 2.05) is 19.2 Å². The molecule has 4 rings (SSSR count). The zero-order valence-electron chi connectivity index (χ0n) is 15.0. The van der Waals surface area contributed by atoms with E-state index in [2.05, 4.69) is 22.9 Å². The minimum absolute atomic E-state index is 0.0464. The molecule has 7 nitrogen and oxygen atoms in total. The van der Waals surface area contributed by atoms with E-state index in [9.17, 15) is 14.4 Å². The van der Waals surface area contributed by atoms with Crippen molar-refractivity contribution in [2.45, 2.75) is 12.3 Å². The number of para-hydroxylation sites is 1. The summed E-state index contributed by atoms with van der Waals surface area (Å²) in [4.78, 5) is 40.6. The molecule has 0 spiro atoms. The number of aryl methyl sites for hydroxylation is 1. The first-order chi connectivity index (χ1) is 12.5. The molecule has 7 heteroatoms. The van der Waals surface area contributed by atoms with E-state index in [0.29, 0.717) is 13.1 Å². The molecule has 0 bridgehead atoms. The van der Waals surface area contributed by atoms with Crippen LogP contribution in [0.25, 0.3) is 10.9 Å². The van der Waals surface area contributed by atoms with Crippen LogP contribution in [0.1, 0.15) is 17.9 Å². The van der Waals surface area contributed by atoms with Gasteiger partial charge in [0.1, 0.15) is 13.1 Å². The molecule has 1 atom stereocenters. The smallest absolute Gasteiger partial charge is 0.327 e. The lowest BCUT2D eigenvalue weighted by Gasteiger charge is -2.20. The second-order valence-electron chi connectivity index (χ2n) is 7.16. The van der Waals surface area contributed by atoms with Gasteiger partial charge in [-0.15, -0.1) is 0 Å². The summed E-state index contributed by atoms with van der Waals surface area (Å²) in [6.07, 6.45) is 3.04. The van der Waals surface area contributed by atoms with Crippen molar-refractivity contribution >= 4 is 28.7 Å². The van der Waals surface area contributed by atoms with Crippen molar-refractivity contribution in [1.29, 1.82) is 0 Å². The fourth-order valence-electron chi connectivity index (χ4n) is 4.00. The van der Waals surface area contributed by atoms with Crippen LogP contribution in [0.5, 0.6) is 0 Å². The number of carbonyl (C=O) groups is 3. The highest BCUT2D eigenvalue weighted by Gasteiger charge is 2.37. The standard InChI is InChI=1S/C19H22N4O3/c1-20-10-15(14-5-3-4-6-16(14)20)13-7-8-22(9-13)17(24)12-23-18(25)11-21(2)19(23)26/h3-6,10,13H,7-9,11-12H2,1-2H3. The molecule has 2 aromatic rings. The molecule has 2 fully saturated rings. The maximum Gasteiger partial charge on any atom is 0.327 e. The van der Waals surface area contributed by atoms with Crippen LogP contribution in [0.2, 0.25) is 0 Å². The highest BCUT2D eigenvalue weighted by Crippen LogP contribution is 2.33. The van der Waals surface area contributed by atoms with Crippen LogP contribution in [0.3, 0.4) is 0 Å². The Kier molecular flexibility index (Phi) is 3.94. The molecule has 3 heterocycles. The molecular weight excluding hydrogens is 332 g/mol. The first-order valence-corrected chi connectivity index (χ1v) is 8.83. The SMILES string of the molecule is CN1CC(=O)N(CC(=O)N2CCC(c3cn(C)c4ccccc34)C2)C1=O. The number of hydrogen-bond donors (Lipinski definition) is 0. The van der Waals surface area contributed by atoms with Gasteiger partial charge in [-0.2, -0.15) is 0 Å². The van der Waals surface area contributed by atoms with E-state index in [4.69, 9.17) is 0 Å². The van der Waals surface area contributed by atoms with Crippen LogP contribution >= 0.6 is 0 Å². The van der Waals surface area contributed by atoms with E-state index in [-0.39, 0.29) is 30.8 Å². The van der Waals surface area contributed by atoms with Crippen molar-refractivity contribution in [3.05, 3.63) is 36.0 Å². The molecule has 0 aliphatic carbocycles. The predicted octanol–water partition coefficient (Wildman–Crippen LogP) is 1.39. The average molecular weight is 354 g/mol. The molecule has 2 saturated heterocycles. The molecule has 2 aliphatic rings. The molecule has 1 unspecified atom stereocenters. The van der Waals surface area contributed by atoms with Crippen molar-refractivity contribution in [3.8, 4) is 0 Å². The minimum atomic E-state index is -0.395. The van der Waals surface area contributed by atoms with Gasteiger partial charge in [-0.25, -0.2) is 4.79 Å². The van der Waals surface area contributed by atoms with E-state index in [0.717, 1.165) is 11.3 Å². The summed E-state index contributed by atoms with van der Waals surface area (Å²) < 4.78 is 2.12. The summed E-state index contributed by atoms with van der Waals surface area (Å²) in [6.45, 7) is 1.16. The lowest BCUT2D eigenvalue weighted by molar-refractivity contribution is -0.135. The molecule has 0 N–H and O–H groups in total. The molecule has 0 saturated carbocycles. The van der Waals surface area contributed by atoms with Gasteiger partial charge in [-0.3, -0.25) is 14.5 Å². The number of benzene rings is 1. The summed E-state index contributed by atoms with van der Waals surface area (Å²) in [5, 5.41) is 1.22. The van der Waals surface area contributed by atoms with Gasteiger partial charge in [-0.05, 0) is 18.1 Å². The molecule has 0 radical (unpaired) electrons. The van der Waals surface area contributed by atoms with Crippen LogP contribution < -0.4 is 0 Å². The monoisotopic (exact) mass is 354 g/mol. The number of imide groups is 1. The molecule has 26 heavy (non-hydrogen) atoms. The first kappa shape index (κ1) is 16.6. The number of aromatic nitrogens is 1. The summed E-state index contributed by atoms with van der Waals surface area (Å²) in [5.41, 5.74) is 2.44. The van der Waals surface area contributed by atoms with E-state index in [1.165, 1.54) is 21.4 Å². The number of carbonyl (C=O) groups excluding carboxylic acids is 3. The topological polar surface area (TPSA) is 65.9 Å². The van der Waals surface area contributed by atoms with Crippen molar-refractivity contribution in [2.75, 3.05) is 33.2 Å². The van der Waals surface area contributed by atoms with Gasteiger partial charge in [0.15, 0.2) is 0 Å². The fourth-order valence-corrected chi connectivity index (χ4v) is 4.00. The van der Waals surface area contributed by atoms with Crippen molar-refractivity contribution in [2.24, 2.45) is 7.05 Å². The molecular formula is C19H22N4O3. The van der Waals surface area contributed by atoms with Crippen LogP contribution in [0.15, 0.2) is 30.5 Å². The summed E-state index contributed by atoms with van der Waals surface area (Å²) in [6, 6.07) is 7.88. The highest BCUT2D eigenvalue weighted by molar-refractivity contribution is 6.04. The van der Waals surface area contributed by atoms with Crippen LogP contribution in [-0.4, -0.2) is 70.3 Å². The lowest BCUT2D eigenvalue weighted by atomic mass is 9.98. The Labute approximate surface area is 151 Å². The second-order valence-corrected chi connectivity index (χ2v) is 7.16. The maximum absolute atomic E-state index is 12.6. The number of nitrogens with zero attached hydrogens (tertiary/aromatic N) is 4.